The van der Waals surface area contributed by atoms with Gasteiger partial charge in [-0.1, -0.05) is 6.07 Å². The van der Waals surface area contributed by atoms with Crippen LogP contribution in [-0.4, -0.2) is 61.0 Å². The summed E-state index contributed by atoms with van der Waals surface area (Å²) in [5.74, 6) is 0.996. The number of benzene rings is 1. The van der Waals surface area contributed by atoms with E-state index in [9.17, 15) is 4.79 Å². The van der Waals surface area contributed by atoms with Crippen LogP contribution in [0.25, 0.3) is 22.1 Å². The Labute approximate surface area is 229 Å². The molecule has 9 heteroatoms. The monoisotopic (exact) mass is 529 g/mol. The van der Waals surface area contributed by atoms with Crippen LogP contribution in [0.3, 0.4) is 0 Å². The minimum Gasteiger partial charge on any atom is -0.356 e. The van der Waals surface area contributed by atoms with E-state index >= 15 is 0 Å². The molecule has 1 aromatic carbocycles. The molecular weight excluding hydrogens is 490 g/mol. The van der Waals surface area contributed by atoms with Gasteiger partial charge in [-0.25, -0.2) is 14.6 Å². The van der Waals surface area contributed by atoms with Crippen LogP contribution >= 0.6 is 0 Å². The Balaban J connectivity index is 1.34. The molecule has 0 saturated carbocycles. The Bertz CT molecular complexity index is 1590. The maximum absolute atomic E-state index is 12.7. The zero-order valence-electron chi connectivity index (χ0n) is 23.9. The third-order valence-electron chi connectivity index (χ3n) is 8.75. The van der Waals surface area contributed by atoms with Crippen LogP contribution in [0.4, 0.5) is 5.82 Å². The highest BCUT2D eigenvalue weighted by Gasteiger charge is 2.36. The molecule has 0 bridgehead atoms. The summed E-state index contributed by atoms with van der Waals surface area (Å²) in [6, 6.07) is 10.7. The predicted octanol–water partition coefficient (Wildman–Crippen LogP) is 4.65. The number of nitrogens with zero attached hydrogens (tertiary/aromatic N) is 7. The molecule has 2 unspecified atom stereocenters. The third-order valence-corrected chi connectivity index (χ3v) is 8.75. The van der Waals surface area contributed by atoms with E-state index in [0.717, 1.165) is 78.2 Å². The largest absolute Gasteiger partial charge is 0.356 e. The Kier molecular flexibility index (Phi) is 6.67. The van der Waals surface area contributed by atoms with E-state index in [1.807, 2.05) is 27.0 Å². The number of aromatic nitrogens is 5. The predicted molar refractivity (Wildman–Crippen MR) is 154 cm³/mol. The average Bonchev–Trinajstić information content (AvgIpc) is 3.32. The fourth-order valence-corrected chi connectivity index (χ4v) is 6.31. The van der Waals surface area contributed by atoms with Gasteiger partial charge in [-0.2, -0.15) is 5.10 Å². The van der Waals surface area contributed by atoms with Gasteiger partial charge in [0.2, 0.25) is 0 Å². The van der Waals surface area contributed by atoms with E-state index in [4.69, 9.17) is 19.8 Å². The molecule has 4 aromatic rings. The molecule has 0 aliphatic carbocycles. The highest BCUT2D eigenvalue weighted by Crippen LogP contribution is 2.37. The van der Waals surface area contributed by atoms with Crippen LogP contribution in [0.2, 0.25) is 0 Å². The third kappa shape index (κ3) is 4.51. The molecule has 2 aliphatic heterocycles. The highest BCUT2D eigenvalue weighted by atomic mass is 16.5. The van der Waals surface area contributed by atoms with Crippen molar-refractivity contribution in [3.8, 4) is 0 Å². The summed E-state index contributed by atoms with van der Waals surface area (Å²) in [5.41, 5.74) is 6.79. The van der Waals surface area contributed by atoms with Gasteiger partial charge >= 0.3 is 0 Å². The molecule has 0 amide bonds. The lowest BCUT2D eigenvalue weighted by Crippen LogP contribution is -2.57. The van der Waals surface area contributed by atoms with Gasteiger partial charge in [0.15, 0.2) is 12.0 Å². The topological polar surface area (TPSA) is 81.3 Å². The van der Waals surface area contributed by atoms with Gasteiger partial charge in [-0.05, 0) is 77.6 Å². The summed E-state index contributed by atoms with van der Waals surface area (Å²) in [6.07, 6.45) is 3.02. The zero-order chi connectivity index (χ0) is 27.4. The minimum atomic E-state index is -0.110. The first-order valence-corrected chi connectivity index (χ1v) is 14.2. The van der Waals surface area contributed by atoms with Crippen LogP contribution in [0.15, 0.2) is 35.1 Å². The second-order valence-corrected chi connectivity index (χ2v) is 11.4. The number of fused-ring (bicyclic) bond motifs is 2. The SMILES string of the molecule is Cc1nc2ccc(C(C)N3C[C@H](C)N(c4c5c(ccc(=O)n5C)nn4C4CCCCO4)C[C@H]3C)cc2nc1C. The van der Waals surface area contributed by atoms with Crippen molar-refractivity contribution >= 4 is 27.9 Å². The summed E-state index contributed by atoms with van der Waals surface area (Å²) in [7, 11) is 1.85. The molecule has 5 heterocycles. The maximum Gasteiger partial charge on any atom is 0.250 e. The summed E-state index contributed by atoms with van der Waals surface area (Å²) in [4.78, 5) is 27.2. The number of rotatable bonds is 4. The highest BCUT2D eigenvalue weighted by molar-refractivity contribution is 5.87. The lowest BCUT2D eigenvalue weighted by molar-refractivity contribution is -0.0386. The molecule has 2 fully saturated rings. The smallest absolute Gasteiger partial charge is 0.250 e. The van der Waals surface area contributed by atoms with Gasteiger partial charge in [0.1, 0.15) is 11.0 Å². The van der Waals surface area contributed by atoms with Crippen LogP contribution in [0, 0.1) is 13.8 Å². The van der Waals surface area contributed by atoms with E-state index < -0.39 is 0 Å². The van der Waals surface area contributed by atoms with Crippen molar-refractivity contribution in [2.24, 2.45) is 7.05 Å². The molecule has 0 spiro atoms. The Morgan fingerprint density at radius 2 is 1.69 bits per heavy atom. The molecule has 2 aliphatic rings. The van der Waals surface area contributed by atoms with E-state index in [0.29, 0.717) is 0 Å². The van der Waals surface area contributed by atoms with Crippen molar-refractivity contribution in [2.75, 3.05) is 24.6 Å². The van der Waals surface area contributed by atoms with E-state index in [-0.39, 0.29) is 29.9 Å². The summed E-state index contributed by atoms with van der Waals surface area (Å²) >= 11 is 0. The van der Waals surface area contributed by atoms with Crippen LogP contribution in [0.1, 0.15) is 69.3 Å². The van der Waals surface area contributed by atoms with Crippen molar-refractivity contribution in [2.45, 2.75) is 78.2 Å². The number of piperazine rings is 1. The summed E-state index contributed by atoms with van der Waals surface area (Å²) < 4.78 is 9.98. The van der Waals surface area contributed by atoms with Gasteiger partial charge in [0, 0.05) is 50.9 Å². The standard InChI is InChI=1S/C30H39N7O2/c1-18-17-36(30-29-25(12-13-27(38)34(29)6)33-37(30)28-9-7-8-14-39-28)19(2)16-35(18)22(5)23-10-11-24-26(15-23)32-21(4)20(3)31-24/h10-13,15,18-19,22,28H,7-9,14,16-17H2,1-6H3/t18-,19+,22?,28?/m1/s1. The molecule has 2 saturated heterocycles. The number of hydrogen-bond acceptors (Lipinski definition) is 7. The average molecular weight is 530 g/mol. The normalized spacial score (nSPS) is 23.5. The Morgan fingerprint density at radius 1 is 0.949 bits per heavy atom. The van der Waals surface area contributed by atoms with Gasteiger partial charge in [0.05, 0.1) is 22.4 Å². The van der Waals surface area contributed by atoms with Crippen molar-refractivity contribution < 1.29 is 4.74 Å². The molecule has 0 radical (unpaired) electrons. The quantitative estimate of drug-likeness (QED) is 0.381. The summed E-state index contributed by atoms with van der Waals surface area (Å²) in [6.45, 7) is 13.3. The molecule has 206 valence electrons. The molecule has 39 heavy (non-hydrogen) atoms. The summed E-state index contributed by atoms with van der Waals surface area (Å²) in [5, 5.41) is 4.98. The number of ether oxygens (including phenoxy) is 1. The number of pyridine rings is 1. The lowest BCUT2D eigenvalue weighted by Gasteiger charge is -2.48. The first-order chi connectivity index (χ1) is 18.7. The van der Waals surface area contributed by atoms with Gasteiger partial charge in [-0.15, -0.1) is 0 Å². The van der Waals surface area contributed by atoms with Crippen LogP contribution in [-0.2, 0) is 11.8 Å². The second kappa shape index (κ2) is 10.0. The van der Waals surface area contributed by atoms with Crippen LogP contribution < -0.4 is 10.5 Å². The van der Waals surface area contributed by atoms with E-state index in [1.165, 1.54) is 5.56 Å². The number of anilines is 1. The fraction of sp³-hybridized carbons (Fsp3) is 0.533. The number of aryl methyl sites for hydroxylation is 3. The first-order valence-electron chi connectivity index (χ1n) is 14.2. The Morgan fingerprint density at radius 3 is 2.44 bits per heavy atom. The van der Waals surface area contributed by atoms with Gasteiger partial charge in [0.25, 0.3) is 5.56 Å². The zero-order valence-corrected chi connectivity index (χ0v) is 23.9. The maximum atomic E-state index is 12.7. The molecule has 9 nitrogen and oxygen atoms in total. The molecular formula is C30H39N7O2. The van der Waals surface area contributed by atoms with E-state index in [2.05, 4.69) is 53.5 Å². The van der Waals surface area contributed by atoms with Gasteiger partial charge < -0.3 is 14.2 Å². The van der Waals surface area contributed by atoms with E-state index in [1.54, 1.807) is 10.6 Å². The molecule has 3 aromatic heterocycles. The molecule has 6 rings (SSSR count). The van der Waals surface area contributed by atoms with Crippen LogP contribution in [0.5, 0.6) is 0 Å². The molecule has 4 atom stereocenters. The van der Waals surface area contributed by atoms with Crippen molar-refractivity contribution in [1.82, 2.24) is 29.2 Å². The number of hydrogen-bond donors (Lipinski definition) is 0. The minimum absolute atomic E-state index is 0.0225. The van der Waals surface area contributed by atoms with Crippen molar-refractivity contribution in [3.63, 3.8) is 0 Å². The lowest BCUT2D eigenvalue weighted by atomic mass is 10.00. The first kappa shape index (κ1) is 26.0. The Hall–Kier alpha value is -3.30. The fourth-order valence-electron chi connectivity index (χ4n) is 6.31. The van der Waals surface area contributed by atoms with Crippen molar-refractivity contribution in [1.29, 1.82) is 0 Å². The molecule has 0 N–H and O–H groups in total. The van der Waals surface area contributed by atoms with Gasteiger partial charge in [-0.3, -0.25) is 9.69 Å². The van der Waals surface area contributed by atoms with Crippen molar-refractivity contribution in [3.05, 3.63) is 57.6 Å². The second-order valence-electron chi connectivity index (χ2n) is 11.4.